The molecule has 6 aromatic rings. The fraction of sp³-hybridized carbons (Fsp3) is 0.357. The number of hydrogen-bond acceptors (Lipinski definition) is 6. The lowest BCUT2D eigenvalue weighted by Crippen LogP contribution is -2.03. The second kappa shape index (κ2) is 31.4. The van der Waals surface area contributed by atoms with Crippen LogP contribution in [0.1, 0.15) is 78.0 Å². The molecule has 3 saturated heterocycles. The molecule has 3 aliphatic rings. The molecular weight excluding hydrogens is 769 g/mol. The summed E-state index contributed by atoms with van der Waals surface area (Å²) in [4.78, 5) is 0. The van der Waals surface area contributed by atoms with Gasteiger partial charge in [0, 0.05) is 0 Å². The van der Waals surface area contributed by atoms with Gasteiger partial charge in [-0.2, -0.15) is 0 Å². The number of hydrogen-bond donors (Lipinski definition) is 0. The number of epoxide rings is 3. The molecule has 0 spiro atoms. The van der Waals surface area contributed by atoms with Crippen molar-refractivity contribution in [2.45, 2.75) is 92.5 Å². The van der Waals surface area contributed by atoms with Crippen molar-refractivity contribution in [3.05, 3.63) is 187 Å². The van der Waals surface area contributed by atoms with E-state index in [0.717, 1.165) is 49.9 Å². The van der Waals surface area contributed by atoms with Crippen molar-refractivity contribution >= 4 is 0 Å². The van der Waals surface area contributed by atoms with Crippen molar-refractivity contribution in [1.29, 1.82) is 0 Å². The van der Waals surface area contributed by atoms with Crippen LogP contribution in [0.4, 0.5) is 0 Å². The van der Waals surface area contributed by atoms with Crippen LogP contribution in [0.25, 0.3) is 11.1 Å². The SMILES string of the molecule is CC.CC.CC(C)c1ccccc1.CCc1ccc(-c2ccc(CC)cc2)cc1.c1ccc(OCC2CO2)cc1.c1ccc(OCC2CO2)cc1.c1ccc(OCC2CO2)cc1. The molecule has 62 heavy (non-hydrogen) atoms. The second-order valence-corrected chi connectivity index (χ2v) is 14.4. The van der Waals surface area contributed by atoms with Crippen molar-refractivity contribution in [1.82, 2.24) is 0 Å². The van der Waals surface area contributed by atoms with E-state index in [1.165, 1.54) is 27.8 Å². The number of ether oxygens (including phenoxy) is 6. The highest BCUT2D eigenvalue weighted by atomic mass is 16.6. The lowest BCUT2D eigenvalue weighted by atomic mass is 10.0. The van der Waals surface area contributed by atoms with Gasteiger partial charge in [-0.1, -0.05) is 189 Å². The normalized spacial score (nSPS) is 15.7. The van der Waals surface area contributed by atoms with Crippen molar-refractivity contribution in [2.24, 2.45) is 0 Å². The quantitative estimate of drug-likeness (QED) is 0.108. The third kappa shape index (κ3) is 23.0. The lowest BCUT2D eigenvalue weighted by Gasteiger charge is -2.04. The molecule has 0 N–H and O–H groups in total. The standard InChI is InChI=1S/C16H18.3C9H10O2.C9H12.2C2H6/c1-3-13-5-9-15(10-6-13)16-11-7-14(4-2)8-12-16;3*1-2-4-8(5-3-1)10-6-9-7-11-9;1-8(2)9-6-4-3-5-7-9;2*1-2/h5-12H,3-4H2,1-2H3;3*1-5,9H,6-7H2;3-8H,1-2H3;2*1-2H3. The summed E-state index contributed by atoms with van der Waals surface area (Å²) in [5.41, 5.74) is 6.82. The predicted octanol–water partition coefficient (Wildman–Crippen LogP) is 13.7. The maximum Gasteiger partial charge on any atom is 0.119 e. The summed E-state index contributed by atoms with van der Waals surface area (Å²) in [6.45, 7) is 21.4. The van der Waals surface area contributed by atoms with E-state index >= 15 is 0 Å². The van der Waals surface area contributed by atoms with Gasteiger partial charge < -0.3 is 28.4 Å². The van der Waals surface area contributed by atoms with Gasteiger partial charge in [-0.25, -0.2) is 0 Å². The first-order valence-electron chi connectivity index (χ1n) is 22.6. The number of benzene rings is 6. The molecule has 0 saturated carbocycles. The monoisotopic (exact) mass is 841 g/mol. The number of rotatable bonds is 13. The van der Waals surface area contributed by atoms with Crippen molar-refractivity contribution < 1.29 is 28.4 Å². The van der Waals surface area contributed by atoms with Crippen LogP contribution in [0, 0.1) is 0 Å². The summed E-state index contributed by atoms with van der Waals surface area (Å²) in [5.74, 6) is 3.42. The molecule has 3 fully saturated rings. The molecule has 0 radical (unpaired) electrons. The van der Waals surface area contributed by atoms with Crippen LogP contribution >= 0.6 is 0 Å². The molecule has 3 aliphatic heterocycles. The van der Waals surface area contributed by atoms with Crippen LogP contribution in [0.2, 0.25) is 0 Å². The maximum atomic E-state index is 5.40. The van der Waals surface area contributed by atoms with Crippen LogP contribution < -0.4 is 14.2 Å². The molecule has 9 rings (SSSR count). The summed E-state index contributed by atoms with van der Waals surface area (Å²) in [5, 5.41) is 0. The van der Waals surface area contributed by atoms with Crippen LogP contribution in [0.5, 0.6) is 17.2 Å². The Hall–Kier alpha value is -5.40. The third-order valence-electron chi connectivity index (χ3n) is 9.27. The summed E-state index contributed by atoms with van der Waals surface area (Å²) in [6, 6.07) is 57.6. The topological polar surface area (TPSA) is 65.3 Å². The number of para-hydroxylation sites is 3. The molecule has 3 heterocycles. The zero-order valence-corrected chi connectivity index (χ0v) is 38.6. The molecular formula is C56H72O6. The van der Waals surface area contributed by atoms with Gasteiger partial charge in [-0.3, -0.25) is 0 Å². The Morgan fingerprint density at radius 3 is 0.871 bits per heavy atom. The predicted molar refractivity (Wildman–Crippen MR) is 259 cm³/mol. The van der Waals surface area contributed by atoms with Gasteiger partial charge in [0.15, 0.2) is 0 Å². The second-order valence-electron chi connectivity index (χ2n) is 14.4. The Morgan fingerprint density at radius 1 is 0.403 bits per heavy atom. The van der Waals surface area contributed by atoms with Crippen LogP contribution in [-0.4, -0.2) is 58.0 Å². The van der Waals surface area contributed by atoms with Crippen molar-refractivity contribution in [2.75, 3.05) is 39.6 Å². The molecule has 3 atom stereocenters. The highest BCUT2D eigenvalue weighted by molar-refractivity contribution is 5.64. The van der Waals surface area contributed by atoms with Gasteiger partial charge in [0.25, 0.3) is 0 Å². The third-order valence-corrected chi connectivity index (χ3v) is 9.27. The largest absolute Gasteiger partial charge is 0.491 e. The van der Waals surface area contributed by atoms with E-state index in [2.05, 4.69) is 100 Å². The average molecular weight is 841 g/mol. The first-order chi connectivity index (χ1) is 30.5. The molecule has 6 aromatic carbocycles. The Bertz CT molecular complexity index is 1740. The summed E-state index contributed by atoms with van der Waals surface area (Å²) in [7, 11) is 0. The van der Waals surface area contributed by atoms with Crippen LogP contribution in [-0.2, 0) is 27.1 Å². The number of aryl methyl sites for hydroxylation is 2. The van der Waals surface area contributed by atoms with E-state index in [9.17, 15) is 0 Å². The van der Waals surface area contributed by atoms with E-state index in [0.29, 0.717) is 44.1 Å². The first kappa shape index (κ1) is 51.0. The Balaban J connectivity index is 0.000000205. The zero-order chi connectivity index (χ0) is 44.6. The fourth-order valence-electron chi connectivity index (χ4n) is 5.31. The van der Waals surface area contributed by atoms with Gasteiger partial charge in [-0.15, -0.1) is 0 Å². The summed E-state index contributed by atoms with van der Waals surface area (Å²) >= 11 is 0. The van der Waals surface area contributed by atoms with Crippen LogP contribution in [0.3, 0.4) is 0 Å². The van der Waals surface area contributed by atoms with Gasteiger partial charge >= 0.3 is 0 Å². The summed E-state index contributed by atoms with van der Waals surface area (Å²) in [6.07, 6.45) is 3.24. The van der Waals surface area contributed by atoms with E-state index in [1.807, 2.05) is 125 Å². The minimum absolute atomic E-state index is 0.343. The van der Waals surface area contributed by atoms with E-state index < -0.39 is 0 Å². The molecule has 3 unspecified atom stereocenters. The Kier molecular flexibility index (Phi) is 25.8. The molecule has 0 aromatic heterocycles. The first-order valence-corrected chi connectivity index (χ1v) is 22.6. The molecule has 0 bridgehead atoms. The van der Waals surface area contributed by atoms with Crippen LogP contribution in [0.15, 0.2) is 170 Å². The smallest absolute Gasteiger partial charge is 0.119 e. The van der Waals surface area contributed by atoms with Gasteiger partial charge in [-0.05, 0) is 83.0 Å². The Morgan fingerprint density at radius 2 is 0.661 bits per heavy atom. The lowest BCUT2D eigenvalue weighted by molar-refractivity contribution is 0.263. The summed E-state index contributed by atoms with van der Waals surface area (Å²) < 4.78 is 31.2. The van der Waals surface area contributed by atoms with Gasteiger partial charge in [0.05, 0.1) is 19.8 Å². The fourth-order valence-corrected chi connectivity index (χ4v) is 5.31. The van der Waals surface area contributed by atoms with E-state index in [-0.39, 0.29) is 0 Å². The van der Waals surface area contributed by atoms with Gasteiger partial charge in [0.2, 0.25) is 0 Å². The van der Waals surface area contributed by atoms with Crippen molar-refractivity contribution in [3.63, 3.8) is 0 Å². The minimum atomic E-state index is 0.343. The Labute approximate surface area is 374 Å². The van der Waals surface area contributed by atoms with Crippen molar-refractivity contribution in [3.8, 4) is 28.4 Å². The molecule has 332 valence electrons. The van der Waals surface area contributed by atoms with E-state index in [4.69, 9.17) is 28.4 Å². The van der Waals surface area contributed by atoms with E-state index in [1.54, 1.807) is 0 Å². The molecule has 6 heteroatoms. The maximum absolute atomic E-state index is 5.40. The zero-order valence-electron chi connectivity index (χ0n) is 38.6. The van der Waals surface area contributed by atoms with Gasteiger partial charge in [0.1, 0.15) is 55.4 Å². The highest BCUT2D eigenvalue weighted by Crippen LogP contribution is 2.21. The molecule has 6 nitrogen and oxygen atoms in total. The molecule has 0 aliphatic carbocycles. The highest BCUT2D eigenvalue weighted by Gasteiger charge is 2.24. The average Bonchev–Trinajstić information content (AvgIpc) is 4.20. The molecule has 0 amide bonds. The minimum Gasteiger partial charge on any atom is -0.491 e.